The van der Waals surface area contributed by atoms with E-state index in [4.69, 9.17) is 4.74 Å². The Balaban J connectivity index is 1.43. The Hall–Kier alpha value is -3.20. The molecule has 4 rings (SSSR count). The summed E-state index contributed by atoms with van der Waals surface area (Å²) in [4.78, 5) is 22.9. The molecule has 3 aromatic rings. The zero-order valence-corrected chi connectivity index (χ0v) is 16.8. The van der Waals surface area contributed by atoms with Gasteiger partial charge in [0.15, 0.2) is 5.82 Å². The topological polar surface area (TPSA) is 60.2 Å². The number of carbonyl (C=O) groups is 1. The molecule has 162 valence electrons. The molecule has 6 nitrogen and oxygen atoms in total. The van der Waals surface area contributed by atoms with Gasteiger partial charge in [-0.3, -0.25) is 9.78 Å². The van der Waals surface area contributed by atoms with Crippen molar-refractivity contribution in [3.8, 4) is 0 Å². The summed E-state index contributed by atoms with van der Waals surface area (Å²) in [6.07, 6.45) is 0.534. The van der Waals surface area contributed by atoms with Gasteiger partial charge in [0.1, 0.15) is 6.10 Å². The molecule has 1 saturated heterocycles. The van der Waals surface area contributed by atoms with E-state index in [1.807, 2.05) is 6.07 Å². The molecule has 0 N–H and O–H groups in total. The van der Waals surface area contributed by atoms with Crippen LogP contribution in [0.2, 0.25) is 0 Å². The van der Waals surface area contributed by atoms with Crippen LogP contribution in [0.25, 0.3) is 0 Å². The van der Waals surface area contributed by atoms with Gasteiger partial charge < -0.3 is 14.2 Å². The van der Waals surface area contributed by atoms with Gasteiger partial charge >= 0.3 is 6.18 Å². The number of hydrogen-bond donors (Lipinski definition) is 0. The van der Waals surface area contributed by atoms with Gasteiger partial charge in [0, 0.05) is 32.2 Å². The van der Waals surface area contributed by atoms with Crippen molar-refractivity contribution >= 4 is 5.91 Å². The molecule has 1 aliphatic rings. The summed E-state index contributed by atoms with van der Waals surface area (Å²) in [5.74, 6) is 0.201. The van der Waals surface area contributed by atoms with Crippen molar-refractivity contribution in [2.75, 3.05) is 19.7 Å². The van der Waals surface area contributed by atoms with Gasteiger partial charge in [0.2, 0.25) is 0 Å². The number of imidazole rings is 1. The number of carbonyl (C=O) groups excluding carboxylic acids is 1. The fourth-order valence-corrected chi connectivity index (χ4v) is 3.55. The Morgan fingerprint density at radius 2 is 2.03 bits per heavy atom. The smallest absolute Gasteiger partial charge is 0.368 e. The molecular weight excluding hydrogens is 409 g/mol. The molecule has 1 fully saturated rings. The van der Waals surface area contributed by atoms with Crippen LogP contribution in [0, 0.1) is 0 Å². The Bertz CT molecular complexity index is 1060. The molecule has 1 atom stereocenters. The van der Waals surface area contributed by atoms with Crippen LogP contribution >= 0.6 is 0 Å². The minimum Gasteiger partial charge on any atom is -0.368 e. The quantitative estimate of drug-likeness (QED) is 0.634. The summed E-state index contributed by atoms with van der Waals surface area (Å²) in [5, 5.41) is 0. The highest BCUT2D eigenvalue weighted by Gasteiger charge is 2.30. The number of alkyl halides is 3. The molecule has 0 saturated carbocycles. The minimum absolute atomic E-state index is 0.165. The van der Waals surface area contributed by atoms with Crippen molar-refractivity contribution in [3.63, 3.8) is 0 Å². The molecule has 31 heavy (non-hydrogen) atoms. The van der Waals surface area contributed by atoms with Crippen LogP contribution in [-0.4, -0.2) is 45.0 Å². The third kappa shape index (κ3) is 4.77. The van der Waals surface area contributed by atoms with Gasteiger partial charge in [-0.05, 0) is 29.7 Å². The standard InChI is InChI=1S/C22H21F3N4O2/c1-28-8-7-26-20(28)21(30)29-9-10-31-19(14-29)18-6-5-16(13-27-18)11-15-3-2-4-17(12-15)22(23,24)25/h2-8,12-13,19H,9-11,14H2,1H3. The molecule has 9 heteroatoms. The molecular formula is C22H21F3N4O2. The molecule has 2 aromatic heterocycles. The van der Waals surface area contributed by atoms with Crippen molar-refractivity contribution in [1.29, 1.82) is 0 Å². The Labute approximate surface area is 177 Å². The lowest BCUT2D eigenvalue weighted by Gasteiger charge is -2.32. The van der Waals surface area contributed by atoms with Crippen LogP contribution in [0.1, 0.15) is 39.1 Å². The zero-order chi connectivity index (χ0) is 22.0. The number of benzene rings is 1. The minimum atomic E-state index is -4.37. The normalized spacial score (nSPS) is 17.0. The second-order valence-electron chi connectivity index (χ2n) is 7.44. The fraction of sp³-hybridized carbons (Fsp3) is 0.318. The number of ether oxygens (including phenoxy) is 1. The summed E-state index contributed by atoms with van der Waals surface area (Å²) in [6.45, 7) is 1.20. The highest BCUT2D eigenvalue weighted by atomic mass is 19.4. The van der Waals surface area contributed by atoms with Crippen LogP contribution in [0.4, 0.5) is 13.2 Å². The Morgan fingerprint density at radius 1 is 1.19 bits per heavy atom. The average molecular weight is 430 g/mol. The fourth-order valence-electron chi connectivity index (χ4n) is 3.55. The lowest BCUT2D eigenvalue weighted by molar-refractivity contribution is -0.137. The van der Waals surface area contributed by atoms with Crippen molar-refractivity contribution in [3.05, 3.63) is 83.2 Å². The number of hydrogen-bond acceptors (Lipinski definition) is 4. The van der Waals surface area contributed by atoms with E-state index in [2.05, 4.69) is 9.97 Å². The third-order valence-corrected chi connectivity index (χ3v) is 5.21. The number of aryl methyl sites for hydroxylation is 1. The lowest BCUT2D eigenvalue weighted by atomic mass is 10.0. The van der Waals surface area contributed by atoms with E-state index in [0.29, 0.717) is 43.2 Å². The number of morpholine rings is 1. The van der Waals surface area contributed by atoms with Gasteiger partial charge in [-0.25, -0.2) is 4.98 Å². The van der Waals surface area contributed by atoms with Gasteiger partial charge in [0.25, 0.3) is 5.91 Å². The highest BCUT2D eigenvalue weighted by molar-refractivity contribution is 5.90. The van der Waals surface area contributed by atoms with Crippen LogP contribution < -0.4 is 0 Å². The van der Waals surface area contributed by atoms with E-state index in [9.17, 15) is 18.0 Å². The largest absolute Gasteiger partial charge is 0.416 e. The summed E-state index contributed by atoms with van der Waals surface area (Å²) in [5.41, 5.74) is 1.36. The summed E-state index contributed by atoms with van der Waals surface area (Å²) >= 11 is 0. The first kappa shape index (κ1) is 21.0. The lowest BCUT2D eigenvalue weighted by Crippen LogP contribution is -2.43. The first-order chi connectivity index (χ1) is 14.8. The predicted molar refractivity (Wildman–Crippen MR) is 106 cm³/mol. The molecule has 1 amide bonds. The summed E-state index contributed by atoms with van der Waals surface area (Å²) < 4.78 is 46.2. The second kappa shape index (κ2) is 8.50. The highest BCUT2D eigenvalue weighted by Crippen LogP contribution is 2.30. The van der Waals surface area contributed by atoms with Crippen molar-refractivity contribution in [1.82, 2.24) is 19.4 Å². The molecule has 1 unspecified atom stereocenters. The van der Waals surface area contributed by atoms with E-state index >= 15 is 0 Å². The van der Waals surface area contributed by atoms with E-state index < -0.39 is 11.7 Å². The van der Waals surface area contributed by atoms with E-state index in [-0.39, 0.29) is 12.0 Å². The second-order valence-corrected chi connectivity index (χ2v) is 7.44. The number of amides is 1. The summed E-state index contributed by atoms with van der Waals surface area (Å²) in [6, 6.07) is 8.90. The van der Waals surface area contributed by atoms with E-state index in [0.717, 1.165) is 17.7 Å². The monoisotopic (exact) mass is 430 g/mol. The molecule has 3 heterocycles. The van der Waals surface area contributed by atoms with Crippen molar-refractivity contribution < 1.29 is 22.7 Å². The van der Waals surface area contributed by atoms with Crippen LogP contribution in [0.5, 0.6) is 0 Å². The zero-order valence-electron chi connectivity index (χ0n) is 16.8. The SMILES string of the molecule is Cn1ccnc1C(=O)N1CCOC(c2ccc(Cc3cccc(C(F)(F)F)c3)cn2)C1. The van der Waals surface area contributed by atoms with Gasteiger partial charge in [-0.2, -0.15) is 13.2 Å². The van der Waals surface area contributed by atoms with Gasteiger partial charge in [0.05, 0.1) is 24.4 Å². The predicted octanol–water partition coefficient (Wildman–Crippen LogP) is 3.64. The number of pyridine rings is 1. The third-order valence-electron chi connectivity index (χ3n) is 5.21. The first-order valence-electron chi connectivity index (χ1n) is 9.80. The summed E-state index contributed by atoms with van der Waals surface area (Å²) in [7, 11) is 1.77. The van der Waals surface area contributed by atoms with Crippen LogP contribution in [-0.2, 0) is 24.4 Å². The number of rotatable bonds is 4. The molecule has 1 aromatic carbocycles. The number of nitrogens with zero attached hydrogens (tertiary/aromatic N) is 4. The number of halogens is 3. The molecule has 0 radical (unpaired) electrons. The molecule has 0 bridgehead atoms. The maximum absolute atomic E-state index is 12.9. The van der Waals surface area contributed by atoms with Crippen molar-refractivity contribution in [2.45, 2.75) is 18.7 Å². The number of aromatic nitrogens is 3. The van der Waals surface area contributed by atoms with E-state index in [1.165, 1.54) is 6.07 Å². The molecule has 0 aliphatic carbocycles. The van der Waals surface area contributed by atoms with Crippen LogP contribution in [0.15, 0.2) is 55.0 Å². The van der Waals surface area contributed by atoms with Crippen molar-refractivity contribution in [2.24, 2.45) is 7.05 Å². The van der Waals surface area contributed by atoms with Gasteiger partial charge in [-0.1, -0.05) is 24.3 Å². The maximum atomic E-state index is 12.9. The molecule has 0 spiro atoms. The van der Waals surface area contributed by atoms with E-state index in [1.54, 1.807) is 47.2 Å². The first-order valence-corrected chi connectivity index (χ1v) is 9.80. The maximum Gasteiger partial charge on any atom is 0.416 e. The Morgan fingerprint density at radius 3 is 2.71 bits per heavy atom. The Kier molecular flexibility index (Phi) is 5.77. The van der Waals surface area contributed by atoms with Gasteiger partial charge in [-0.15, -0.1) is 0 Å². The molecule has 1 aliphatic heterocycles. The van der Waals surface area contributed by atoms with Crippen LogP contribution in [0.3, 0.4) is 0 Å². The average Bonchev–Trinajstić information content (AvgIpc) is 3.19.